The summed E-state index contributed by atoms with van der Waals surface area (Å²) in [6.07, 6.45) is 7.13. The predicted octanol–water partition coefficient (Wildman–Crippen LogP) is 1.14. The molecule has 58 valence electrons. The highest BCUT2D eigenvalue weighted by Crippen LogP contribution is 2.16. The van der Waals surface area contributed by atoms with Crippen LogP contribution in [0.15, 0.2) is 12.3 Å². The van der Waals surface area contributed by atoms with E-state index in [-0.39, 0.29) is 9.68 Å². The van der Waals surface area contributed by atoms with Gasteiger partial charge in [-0.2, -0.15) is 0 Å². The first kappa shape index (κ1) is 8.02. The average Bonchev–Trinajstić information content (AvgIpc) is 2.03. The van der Waals surface area contributed by atoms with Crippen LogP contribution in [0.5, 0.6) is 0 Å². The van der Waals surface area contributed by atoms with E-state index in [2.05, 4.69) is 17.3 Å². The van der Waals surface area contributed by atoms with E-state index in [1.165, 1.54) is 32.1 Å². The molecule has 1 nitrogen and oxygen atoms in total. The molecule has 1 saturated carbocycles. The number of rotatable bonds is 3. The van der Waals surface area contributed by atoms with Crippen LogP contribution in [-0.4, -0.2) is 15.7 Å². The standard InChI is InChI=1S/C8H17NSi/c1-2-10-9-8-6-4-3-5-7-8/h2,8-9H,1,3-7,10H2. The molecular weight excluding hydrogens is 138 g/mol. The van der Waals surface area contributed by atoms with Crippen LogP contribution in [0.25, 0.3) is 0 Å². The monoisotopic (exact) mass is 155 g/mol. The van der Waals surface area contributed by atoms with Crippen molar-refractivity contribution in [1.29, 1.82) is 0 Å². The third-order valence-electron chi connectivity index (χ3n) is 2.16. The van der Waals surface area contributed by atoms with Crippen molar-refractivity contribution in [2.45, 2.75) is 38.1 Å². The molecule has 0 spiro atoms. The van der Waals surface area contributed by atoms with Gasteiger partial charge in [-0.05, 0) is 12.8 Å². The van der Waals surface area contributed by atoms with Crippen molar-refractivity contribution in [3.63, 3.8) is 0 Å². The Balaban J connectivity index is 2.07. The topological polar surface area (TPSA) is 12.0 Å². The normalized spacial score (nSPS) is 22.0. The van der Waals surface area contributed by atoms with Crippen molar-refractivity contribution in [2.75, 3.05) is 0 Å². The summed E-state index contributed by atoms with van der Waals surface area (Å²) in [5.74, 6) is 0. The molecule has 0 aromatic rings. The summed E-state index contributed by atoms with van der Waals surface area (Å²) < 4.78 is 0. The SMILES string of the molecule is C=C[SiH2]NC1CCCCC1. The second kappa shape index (κ2) is 4.69. The van der Waals surface area contributed by atoms with Crippen LogP contribution in [0.1, 0.15) is 32.1 Å². The smallest absolute Gasteiger partial charge is 0.116 e. The number of nitrogens with one attached hydrogen (secondary N) is 1. The van der Waals surface area contributed by atoms with E-state index in [9.17, 15) is 0 Å². The van der Waals surface area contributed by atoms with E-state index in [0.717, 1.165) is 6.04 Å². The molecule has 0 heterocycles. The molecule has 0 aliphatic heterocycles. The van der Waals surface area contributed by atoms with Crippen molar-refractivity contribution in [1.82, 2.24) is 4.98 Å². The summed E-state index contributed by atoms with van der Waals surface area (Å²) in [4.78, 5) is 3.59. The van der Waals surface area contributed by atoms with Gasteiger partial charge in [-0.1, -0.05) is 25.0 Å². The van der Waals surface area contributed by atoms with Crippen LogP contribution in [-0.2, 0) is 0 Å². The van der Waals surface area contributed by atoms with Gasteiger partial charge in [0.15, 0.2) is 0 Å². The van der Waals surface area contributed by atoms with E-state index in [4.69, 9.17) is 0 Å². The molecule has 1 rings (SSSR count). The van der Waals surface area contributed by atoms with Crippen LogP contribution in [0.3, 0.4) is 0 Å². The van der Waals surface area contributed by atoms with Gasteiger partial charge in [0.1, 0.15) is 9.68 Å². The summed E-state index contributed by atoms with van der Waals surface area (Å²) in [6, 6.07) is 0.846. The molecule has 0 amide bonds. The summed E-state index contributed by atoms with van der Waals surface area (Å²) in [5, 5.41) is 0. The lowest BCUT2D eigenvalue weighted by Crippen LogP contribution is -2.32. The molecule has 0 bridgehead atoms. The zero-order valence-electron chi connectivity index (χ0n) is 6.60. The van der Waals surface area contributed by atoms with Crippen LogP contribution < -0.4 is 4.98 Å². The second-order valence-corrected chi connectivity index (χ2v) is 4.43. The van der Waals surface area contributed by atoms with Crippen molar-refractivity contribution < 1.29 is 0 Å². The third kappa shape index (κ3) is 2.67. The predicted molar refractivity (Wildman–Crippen MR) is 48.7 cm³/mol. The van der Waals surface area contributed by atoms with Gasteiger partial charge in [-0.25, -0.2) is 0 Å². The molecule has 1 aliphatic carbocycles. The fraction of sp³-hybridized carbons (Fsp3) is 0.750. The first-order chi connectivity index (χ1) is 4.93. The van der Waals surface area contributed by atoms with Gasteiger partial charge in [0.05, 0.1) is 0 Å². The molecule has 1 N–H and O–H groups in total. The van der Waals surface area contributed by atoms with Crippen molar-refractivity contribution in [2.24, 2.45) is 0 Å². The Morgan fingerprint density at radius 1 is 1.30 bits per heavy atom. The molecular formula is C8H17NSi. The molecule has 0 saturated heterocycles. The summed E-state index contributed by atoms with van der Waals surface area (Å²) >= 11 is 0. The van der Waals surface area contributed by atoms with Gasteiger partial charge in [-0.15, -0.1) is 6.58 Å². The number of hydrogen-bond acceptors (Lipinski definition) is 1. The summed E-state index contributed by atoms with van der Waals surface area (Å²) in [7, 11) is -0.109. The third-order valence-corrected chi connectivity index (χ3v) is 3.26. The lowest BCUT2D eigenvalue weighted by molar-refractivity contribution is 0.419. The summed E-state index contributed by atoms with van der Waals surface area (Å²) in [6.45, 7) is 3.74. The zero-order chi connectivity index (χ0) is 7.23. The minimum atomic E-state index is -0.109. The molecule has 1 fully saturated rings. The van der Waals surface area contributed by atoms with Gasteiger partial charge in [0.25, 0.3) is 0 Å². The lowest BCUT2D eigenvalue weighted by atomic mass is 9.96. The maximum Gasteiger partial charge on any atom is 0.116 e. The molecule has 0 aromatic carbocycles. The molecule has 1 aliphatic rings. The Kier molecular flexibility index (Phi) is 3.76. The van der Waals surface area contributed by atoms with Gasteiger partial charge in [0, 0.05) is 6.04 Å². The first-order valence-corrected chi connectivity index (χ1v) is 5.80. The first-order valence-electron chi connectivity index (χ1n) is 4.28. The van der Waals surface area contributed by atoms with E-state index < -0.39 is 0 Å². The Morgan fingerprint density at radius 3 is 2.60 bits per heavy atom. The minimum Gasteiger partial charge on any atom is -0.336 e. The Bertz CT molecular complexity index is 97.4. The quantitative estimate of drug-likeness (QED) is 0.603. The molecule has 0 aromatic heterocycles. The van der Waals surface area contributed by atoms with Crippen molar-refractivity contribution in [3.8, 4) is 0 Å². The van der Waals surface area contributed by atoms with Crippen molar-refractivity contribution in [3.05, 3.63) is 12.3 Å². The molecule has 0 atom stereocenters. The Labute approximate surface area is 65.8 Å². The Hall–Kier alpha value is -0.0831. The van der Waals surface area contributed by atoms with E-state index in [1.54, 1.807) is 0 Å². The fourth-order valence-electron chi connectivity index (χ4n) is 1.56. The fourth-order valence-corrected chi connectivity index (χ4v) is 2.46. The summed E-state index contributed by atoms with van der Waals surface area (Å²) in [5.41, 5.74) is 2.08. The molecule has 0 unspecified atom stereocenters. The van der Waals surface area contributed by atoms with Gasteiger partial charge < -0.3 is 4.98 Å². The lowest BCUT2D eigenvalue weighted by Gasteiger charge is -2.21. The Morgan fingerprint density at radius 2 is 2.00 bits per heavy atom. The second-order valence-electron chi connectivity index (χ2n) is 3.03. The molecule has 10 heavy (non-hydrogen) atoms. The maximum atomic E-state index is 3.74. The van der Waals surface area contributed by atoms with Crippen LogP contribution in [0.4, 0.5) is 0 Å². The highest BCUT2D eigenvalue weighted by molar-refractivity contribution is 6.38. The highest BCUT2D eigenvalue weighted by Gasteiger charge is 2.10. The van der Waals surface area contributed by atoms with Crippen LogP contribution in [0.2, 0.25) is 0 Å². The average molecular weight is 155 g/mol. The minimum absolute atomic E-state index is 0.109. The van der Waals surface area contributed by atoms with Gasteiger partial charge >= 0.3 is 0 Å². The van der Waals surface area contributed by atoms with E-state index in [1.807, 2.05) is 0 Å². The van der Waals surface area contributed by atoms with Crippen molar-refractivity contribution >= 4 is 9.68 Å². The largest absolute Gasteiger partial charge is 0.336 e. The number of hydrogen-bond donors (Lipinski definition) is 1. The zero-order valence-corrected chi connectivity index (χ0v) is 8.02. The molecule has 2 heteroatoms. The maximum absolute atomic E-state index is 3.74. The van der Waals surface area contributed by atoms with Crippen LogP contribution >= 0.6 is 0 Å². The van der Waals surface area contributed by atoms with Gasteiger partial charge in [-0.3, -0.25) is 0 Å². The van der Waals surface area contributed by atoms with E-state index in [0.29, 0.717) is 0 Å². The van der Waals surface area contributed by atoms with E-state index >= 15 is 0 Å². The molecule has 0 radical (unpaired) electrons. The highest BCUT2D eigenvalue weighted by atomic mass is 28.2. The van der Waals surface area contributed by atoms with Gasteiger partial charge in [0.2, 0.25) is 0 Å². The van der Waals surface area contributed by atoms with Crippen LogP contribution in [0, 0.1) is 0 Å².